The Morgan fingerprint density at radius 2 is 1.94 bits per heavy atom. The quantitative estimate of drug-likeness (QED) is 0.471. The smallest absolute Gasteiger partial charge is 0.262 e. The summed E-state index contributed by atoms with van der Waals surface area (Å²) in [6.07, 6.45) is 0. The molecule has 1 unspecified atom stereocenters. The van der Waals surface area contributed by atoms with E-state index in [1.807, 2.05) is 0 Å². The maximum Gasteiger partial charge on any atom is 0.262 e. The molecule has 1 N–H and O–H groups in total. The normalized spacial score (nSPS) is 11.6. The van der Waals surface area contributed by atoms with Crippen molar-refractivity contribution in [2.24, 2.45) is 5.92 Å². The summed E-state index contributed by atoms with van der Waals surface area (Å²) in [5.74, 6) is -2.27. The van der Waals surface area contributed by atoms with Gasteiger partial charge in [-0.25, -0.2) is 0 Å². The number of anilines is 1. The van der Waals surface area contributed by atoms with Crippen LogP contribution in [0.5, 0.6) is 0 Å². The zero-order chi connectivity index (χ0) is 12.8. The van der Waals surface area contributed by atoms with Crippen LogP contribution in [-0.4, -0.2) is 23.2 Å². The molecule has 0 bridgehead atoms. The van der Waals surface area contributed by atoms with E-state index in [-0.39, 0.29) is 0 Å². The molecule has 0 aromatic heterocycles. The number of nitrogens with one attached hydrogen (secondary N) is 1. The first-order valence-electron chi connectivity index (χ1n) is 5.01. The first kappa shape index (κ1) is 12.8. The van der Waals surface area contributed by atoms with Gasteiger partial charge in [0.15, 0.2) is 0 Å². The number of Topliss-reactive ketones (excluding diaryl/α,β-unsaturated/α-hetero) is 1. The van der Waals surface area contributed by atoms with E-state index >= 15 is 0 Å². The van der Waals surface area contributed by atoms with Crippen molar-refractivity contribution in [2.75, 3.05) is 11.9 Å². The second kappa shape index (κ2) is 5.74. The van der Waals surface area contributed by atoms with Gasteiger partial charge in [0.05, 0.1) is 0 Å². The molecule has 0 heterocycles. The van der Waals surface area contributed by atoms with E-state index in [9.17, 15) is 19.7 Å². The van der Waals surface area contributed by atoms with Crippen molar-refractivity contribution < 1.29 is 14.5 Å². The SMILES string of the molecule is CC(C(=O)C[N+](=O)[O-])C(=O)Nc1ccccc1. The highest BCUT2D eigenvalue weighted by atomic mass is 16.6. The number of nitro groups is 1. The average Bonchev–Trinajstić information content (AvgIpc) is 2.28. The minimum atomic E-state index is -1.03. The molecule has 1 aromatic carbocycles. The van der Waals surface area contributed by atoms with E-state index in [2.05, 4.69) is 5.32 Å². The number of para-hydroxylation sites is 1. The van der Waals surface area contributed by atoms with Crippen LogP contribution < -0.4 is 5.32 Å². The fraction of sp³-hybridized carbons (Fsp3) is 0.273. The number of carbonyl (C=O) groups is 2. The van der Waals surface area contributed by atoms with E-state index in [0.29, 0.717) is 5.69 Å². The molecule has 6 heteroatoms. The molecule has 0 aliphatic heterocycles. The molecule has 1 amide bonds. The number of amides is 1. The Hall–Kier alpha value is -2.24. The van der Waals surface area contributed by atoms with Crippen LogP contribution >= 0.6 is 0 Å². The molecule has 90 valence electrons. The fourth-order valence-electron chi connectivity index (χ4n) is 1.18. The van der Waals surface area contributed by atoms with E-state index in [1.54, 1.807) is 30.3 Å². The molecule has 0 aliphatic carbocycles. The lowest BCUT2D eigenvalue weighted by atomic mass is 10.1. The van der Waals surface area contributed by atoms with Gasteiger partial charge in [0.25, 0.3) is 6.54 Å². The highest BCUT2D eigenvalue weighted by Gasteiger charge is 2.25. The number of carbonyl (C=O) groups excluding carboxylic acids is 2. The second-order valence-corrected chi connectivity index (χ2v) is 3.53. The summed E-state index contributed by atoms with van der Waals surface area (Å²) in [6.45, 7) is 0.521. The molecule has 0 radical (unpaired) electrons. The molecule has 6 nitrogen and oxygen atoms in total. The molecule has 0 saturated heterocycles. The summed E-state index contributed by atoms with van der Waals surface area (Å²) in [6, 6.07) is 8.60. The fourth-order valence-corrected chi connectivity index (χ4v) is 1.18. The van der Waals surface area contributed by atoms with Gasteiger partial charge < -0.3 is 5.32 Å². The molecule has 1 atom stereocenters. The third-order valence-corrected chi connectivity index (χ3v) is 2.20. The molecule has 0 aliphatic rings. The largest absolute Gasteiger partial charge is 0.325 e. The summed E-state index contributed by atoms with van der Waals surface area (Å²) >= 11 is 0. The molecular formula is C11H12N2O4. The van der Waals surface area contributed by atoms with E-state index in [0.717, 1.165) is 0 Å². The minimum absolute atomic E-state index is 0.539. The van der Waals surface area contributed by atoms with Crippen molar-refractivity contribution in [3.63, 3.8) is 0 Å². The van der Waals surface area contributed by atoms with E-state index in [4.69, 9.17) is 0 Å². The van der Waals surface area contributed by atoms with Gasteiger partial charge in [-0.2, -0.15) is 0 Å². The number of benzene rings is 1. The molecule has 0 fully saturated rings. The number of hydrogen-bond donors (Lipinski definition) is 1. The van der Waals surface area contributed by atoms with Gasteiger partial charge in [-0.05, 0) is 19.1 Å². The van der Waals surface area contributed by atoms with Crippen LogP contribution in [0.25, 0.3) is 0 Å². The lowest BCUT2D eigenvalue weighted by molar-refractivity contribution is -0.467. The second-order valence-electron chi connectivity index (χ2n) is 3.53. The summed E-state index contributed by atoms with van der Waals surface area (Å²) in [7, 11) is 0. The van der Waals surface area contributed by atoms with Crippen LogP contribution in [0, 0.1) is 16.0 Å². The highest BCUT2D eigenvalue weighted by Crippen LogP contribution is 2.08. The van der Waals surface area contributed by atoms with Crippen LogP contribution in [0.2, 0.25) is 0 Å². The van der Waals surface area contributed by atoms with Crippen molar-refractivity contribution in [2.45, 2.75) is 6.92 Å². The monoisotopic (exact) mass is 236 g/mol. The zero-order valence-corrected chi connectivity index (χ0v) is 9.25. The van der Waals surface area contributed by atoms with Crippen molar-refractivity contribution in [1.82, 2.24) is 0 Å². The number of rotatable bonds is 5. The van der Waals surface area contributed by atoms with E-state index in [1.165, 1.54) is 6.92 Å². The Balaban J connectivity index is 2.59. The number of ketones is 1. The van der Waals surface area contributed by atoms with Crippen LogP contribution in [0.3, 0.4) is 0 Å². The predicted molar refractivity (Wildman–Crippen MR) is 61.1 cm³/mol. The minimum Gasteiger partial charge on any atom is -0.325 e. The molecule has 0 saturated carbocycles. The summed E-state index contributed by atoms with van der Waals surface area (Å²) in [4.78, 5) is 32.3. The van der Waals surface area contributed by atoms with Gasteiger partial charge in [0.1, 0.15) is 5.92 Å². The number of nitrogens with zero attached hydrogens (tertiary/aromatic N) is 1. The summed E-state index contributed by atoms with van der Waals surface area (Å²) < 4.78 is 0. The van der Waals surface area contributed by atoms with Crippen LogP contribution in [0.1, 0.15) is 6.92 Å². The van der Waals surface area contributed by atoms with Crippen molar-refractivity contribution in [1.29, 1.82) is 0 Å². The Morgan fingerprint density at radius 3 is 2.47 bits per heavy atom. The first-order chi connectivity index (χ1) is 8.00. The maximum atomic E-state index is 11.6. The lowest BCUT2D eigenvalue weighted by Crippen LogP contribution is -2.31. The van der Waals surface area contributed by atoms with Gasteiger partial charge in [-0.3, -0.25) is 19.7 Å². The molecule has 0 spiro atoms. The van der Waals surface area contributed by atoms with Gasteiger partial charge in [0, 0.05) is 10.6 Å². The third kappa shape index (κ3) is 4.02. The zero-order valence-electron chi connectivity index (χ0n) is 9.25. The van der Waals surface area contributed by atoms with Crippen LogP contribution in [0.4, 0.5) is 5.69 Å². The van der Waals surface area contributed by atoms with Crippen LogP contribution in [-0.2, 0) is 9.59 Å². The molecule has 1 rings (SSSR count). The van der Waals surface area contributed by atoms with E-state index < -0.39 is 29.1 Å². The average molecular weight is 236 g/mol. The lowest BCUT2D eigenvalue weighted by Gasteiger charge is -2.09. The van der Waals surface area contributed by atoms with Gasteiger partial charge >= 0.3 is 0 Å². The summed E-state index contributed by atoms with van der Waals surface area (Å²) in [5, 5.41) is 12.7. The molecular weight excluding hydrogens is 224 g/mol. The Bertz CT molecular complexity index is 430. The number of hydrogen-bond acceptors (Lipinski definition) is 4. The Morgan fingerprint density at radius 1 is 1.35 bits per heavy atom. The van der Waals surface area contributed by atoms with Crippen molar-refractivity contribution in [3.05, 3.63) is 40.4 Å². The first-order valence-corrected chi connectivity index (χ1v) is 5.01. The third-order valence-electron chi connectivity index (χ3n) is 2.20. The van der Waals surface area contributed by atoms with Gasteiger partial charge in [0.2, 0.25) is 11.7 Å². The van der Waals surface area contributed by atoms with Gasteiger partial charge in [-0.15, -0.1) is 0 Å². The maximum absolute atomic E-state index is 11.6. The van der Waals surface area contributed by atoms with Crippen LogP contribution in [0.15, 0.2) is 30.3 Å². The van der Waals surface area contributed by atoms with Gasteiger partial charge in [-0.1, -0.05) is 18.2 Å². The molecule has 17 heavy (non-hydrogen) atoms. The topological polar surface area (TPSA) is 89.3 Å². The van der Waals surface area contributed by atoms with Crippen molar-refractivity contribution >= 4 is 17.4 Å². The summed E-state index contributed by atoms with van der Waals surface area (Å²) in [5.41, 5.74) is 0.554. The predicted octanol–water partition coefficient (Wildman–Crippen LogP) is 1.11. The molecule has 1 aromatic rings. The standard InChI is InChI=1S/C11H12N2O4/c1-8(10(14)7-13(16)17)11(15)12-9-5-3-2-4-6-9/h2-6,8H,7H2,1H3,(H,12,15). The highest BCUT2D eigenvalue weighted by molar-refractivity contribution is 6.07. The Labute approximate surface area is 97.8 Å². The van der Waals surface area contributed by atoms with Crippen molar-refractivity contribution in [3.8, 4) is 0 Å². The Kier molecular flexibility index (Phi) is 4.33.